The molecule has 1 amide bonds. The van der Waals surface area contributed by atoms with Crippen LogP contribution in [0.25, 0.3) is 0 Å². The first-order valence-electron chi connectivity index (χ1n) is 7.04. The van der Waals surface area contributed by atoms with Gasteiger partial charge in [0.25, 0.3) is 5.91 Å². The van der Waals surface area contributed by atoms with Gasteiger partial charge < -0.3 is 20.3 Å². The number of nitrogens with one attached hydrogen (secondary N) is 2. The standard InChI is InChI=1S/C16H24N4O2/c1-5-9-18-16(17-2)19-11-13-7-6-8-14(10-13)22-12-15(21)20(3)4/h5-8,10H,1,9,11-12H2,2-4H3,(H2,17,18,19). The highest BCUT2D eigenvalue weighted by Crippen LogP contribution is 2.13. The summed E-state index contributed by atoms with van der Waals surface area (Å²) in [6.45, 7) is 4.94. The highest BCUT2D eigenvalue weighted by Gasteiger charge is 2.05. The van der Waals surface area contributed by atoms with Crippen molar-refractivity contribution in [1.29, 1.82) is 0 Å². The van der Waals surface area contributed by atoms with E-state index >= 15 is 0 Å². The molecule has 0 radical (unpaired) electrons. The van der Waals surface area contributed by atoms with Crippen molar-refractivity contribution in [3.8, 4) is 5.75 Å². The Bertz CT molecular complexity index is 527. The summed E-state index contributed by atoms with van der Waals surface area (Å²) in [6.07, 6.45) is 1.77. The number of carbonyl (C=O) groups is 1. The molecule has 1 aromatic rings. The van der Waals surface area contributed by atoms with Crippen molar-refractivity contribution in [2.24, 2.45) is 4.99 Å². The summed E-state index contributed by atoms with van der Waals surface area (Å²) in [5.41, 5.74) is 1.04. The normalized spacial score (nSPS) is 10.8. The van der Waals surface area contributed by atoms with Gasteiger partial charge in [0, 0.05) is 34.2 Å². The van der Waals surface area contributed by atoms with E-state index in [0.717, 1.165) is 5.56 Å². The number of carbonyl (C=O) groups excluding carboxylic acids is 1. The molecule has 0 heterocycles. The quantitative estimate of drug-likeness (QED) is 0.448. The maximum Gasteiger partial charge on any atom is 0.259 e. The van der Waals surface area contributed by atoms with Crippen molar-refractivity contribution in [2.45, 2.75) is 6.54 Å². The summed E-state index contributed by atoms with van der Waals surface area (Å²) in [4.78, 5) is 17.1. The van der Waals surface area contributed by atoms with Gasteiger partial charge >= 0.3 is 0 Å². The zero-order valence-electron chi connectivity index (χ0n) is 13.4. The Balaban J connectivity index is 2.53. The number of hydrogen-bond acceptors (Lipinski definition) is 3. The Morgan fingerprint density at radius 2 is 2.18 bits per heavy atom. The molecule has 120 valence electrons. The Kier molecular flexibility index (Phi) is 7.53. The third kappa shape index (κ3) is 6.30. The lowest BCUT2D eigenvalue weighted by Gasteiger charge is -2.13. The molecule has 0 aliphatic carbocycles. The van der Waals surface area contributed by atoms with Crippen LogP contribution in [0, 0.1) is 0 Å². The van der Waals surface area contributed by atoms with Crippen molar-refractivity contribution in [2.75, 3.05) is 34.3 Å². The van der Waals surface area contributed by atoms with Gasteiger partial charge in [0.05, 0.1) is 0 Å². The number of nitrogens with zero attached hydrogens (tertiary/aromatic N) is 2. The molecule has 0 fully saturated rings. The molecule has 0 aliphatic rings. The average molecular weight is 304 g/mol. The first-order valence-corrected chi connectivity index (χ1v) is 7.04. The molecule has 6 nitrogen and oxygen atoms in total. The van der Waals surface area contributed by atoms with Crippen molar-refractivity contribution in [3.05, 3.63) is 42.5 Å². The van der Waals surface area contributed by atoms with E-state index in [-0.39, 0.29) is 12.5 Å². The largest absolute Gasteiger partial charge is 0.484 e. The Hall–Kier alpha value is -2.50. The second kappa shape index (κ2) is 9.44. The molecule has 0 saturated carbocycles. The van der Waals surface area contributed by atoms with Crippen molar-refractivity contribution in [3.63, 3.8) is 0 Å². The predicted octanol–water partition coefficient (Wildman–Crippen LogP) is 1.00. The van der Waals surface area contributed by atoms with Gasteiger partial charge in [0.15, 0.2) is 12.6 Å². The number of rotatable bonds is 7. The van der Waals surface area contributed by atoms with E-state index in [1.807, 2.05) is 24.3 Å². The molecular weight excluding hydrogens is 280 g/mol. The van der Waals surface area contributed by atoms with E-state index in [9.17, 15) is 4.79 Å². The van der Waals surface area contributed by atoms with Gasteiger partial charge in [-0.15, -0.1) is 6.58 Å². The molecule has 22 heavy (non-hydrogen) atoms. The van der Waals surface area contributed by atoms with Crippen LogP contribution >= 0.6 is 0 Å². The van der Waals surface area contributed by atoms with Gasteiger partial charge in [-0.3, -0.25) is 9.79 Å². The molecule has 0 saturated heterocycles. The lowest BCUT2D eigenvalue weighted by Crippen LogP contribution is -2.36. The molecule has 0 unspecified atom stereocenters. The van der Waals surface area contributed by atoms with E-state index in [4.69, 9.17) is 4.74 Å². The number of amides is 1. The highest BCUT2D eigenvalue weighted by atomic mass is 16.5. The number of aliphatic imine (C=N–C) groups is 1. The van der Waals surface area contributed by atoms with Crippen molar-refractivity contribution in [1.82, 2.24) is 15.5 Å². The fraction of sp³-hybridized carbons (Fsp3) is 0.375. The minimum Gasteiger partial charge on any atom is -0.484 e. The topological polar surface area (TPSA) is 66.0 Å². The zero-order valence-corrected chi connectivity index (χ0v) is 13.4. The molecule has 2 N–H and O–H groups in total. The third-order valence-corrected chi connectivity index (χ3v) is 2.86. The lowest BCUT2D eigenvalue weighted by atomic mass is 10.2. The predicted molar refractivity (Wildman–Crippen MR) is 89.0 cm³/mol. The van der Waals surface area contributed by atoms with E-state index in [2.05, 4.69) is 22.2 Å². The van der Waals surface area contributed by atoms with Gasteiger partial charge in [-0.25, -0.2) is 0 Å². The van der Waals surface area contributed by atoms with Crippen LogP contribution in [0.15, 0.2) is 41.9 Å². The molecular formula is C16H24N4O2. The average Bonchev–Trinajstić information content (AvgIpc) is 2.53. The van der Waals surface area contributed by atoms with Crippen molar-refractivity contribution >= 4 is 11.9 Å². The Morgan fingerprint density at radius 3 is 2.82 bits per heavy atom. The Morgan fingerprint density at radius 1 is 1.41 bits per heavy atom. The van der Waals surface area contributed by atoms with Gasteiger partial charge in [-0.1, -0.05) is 18.2 Å². The highest BCUT2D eigenvalue weighted by molar-refractivity contribution is 5.79. The van der Waals surface area contributed by atoms with Gasteiger partial charge in [-0.05, 0) is 17.7 Å². The van der Waals surface area contributed by atoms with E-state index in [1.54, 1.807) is 27.2 Å². The summed E-state index contributed by atoms with van der Waals surface area (Å²) in [7, 11) is 5.12. The van der Waals surface area contributed by atoms with Gasteiger partial charge in [0.1, 0.15) is 5.75 Å². The number of benzene rings is 1. The number of ether oxygens (including phenoxy) is 1. The monoisotopic (exact) mass is 304 g/mol. The van der Waals surface area contributed by atoms with Gasteiger partial charge in [0.2, 0.25) is 0 Å². The summed E-state index contributed by atoms with van der Waals surface area (Å²) in [5, 5.41) is 6.29. The maximum absolute atomic E-state index is 11.5. The second-order valence-corrected chi connectivity index (χ2v) is 4.82. The molecule has 1 rings (SSSR count). The molecule has 0 aromatic heterocycles. The third-order valence-electron chi connectivity index (χ3n) is 2.86. The minimum absolute atomic E-state index is 0.0342. The van der Waals surface area contributed by atoms with Crippen LogP contribution in [0.1, 0.15) is 5.56 Å². The molecule has 0 bridgehead atoms. The molecule has 6 heteroatoms. The van der Waals surface area contributed by atoms with Crippen LogP contribution in [0.3, 0.4) is 0 Å². The SMILES string of the molecule is C=CCNC(=NC)NCc1cccc(OCC(=O)N(C)C)c1. The lowest BCUT2D eigenvalue weighted by molar-refractivity contribution is -0.130. The molecule has 0 spiro atoms. The maximum atomic E-state index is 11.5. The van der Waals surface area contributed by atoms with Crippen molar-refractivity contribution < 1.29 is 9.53 Å². The molecule has 0 aliphatic heterocycles. The van der Waals surface area contributed by atoms with E-state index < -0.39 is 0 Å². The van der Waals surface area contributed by atoms with Crippen LogP contribution in [0.5, 0.6) is 5.75 Å². The zero-order chi connectivity index (χ0) is 16.4. The Labute approximate surface area is 131 Å². The van der Waals surface area contributed by atoms with E-state index in [1.165, 1.54) is 4.90 Å². The van der Waals surface area contributed by atoms with Crippen LogP contribution in [-0.2, 0) is 11.3 Å². The molecule has 1 aromatic carbocycles. The first-order chi connectivity index (χ1) is 10.6. The molecule has 0 atom stereocenters. The summed E-state index contributed by atoms with van der Waals surface area (Å²) < 4.78 is 5.49. The fourth-order valence-electron chi connectivity index (χ4n) is 1.59. The van der Waals surface area contributed by atoms with Crippen LogP contribution in [0.2, 0.25) is 0 Å². The summed E-state index contributed by atoms with van der Waals surface area (Å²) in [5.74, 6) is 1.30. The fourth-order valence-corrected chi connectivity index (χ4v) is 1.59. The second-order valence-electron chi connectivity index (χ2n) is 4.82. The number of likely N-dealkylation sites (N-methyl/N-ethyl adjacent to an activating group) is 1. The van der Waals surface area contributed by atoms with Gasteiger partial charge in [-0.2, -0.15) is 0 Å². The first kappa shape index (κ1) is 17.6. The van der Waals surface area contributed by atoms with Crippen LogP contribution in [0.4, 0.5) is 0 Å². The minimum atomic E-state index is -0.0717. The van der Waals surface area contributed by atoms with Crippen LogP contribution in [-0.4, -0.2) is 51.1 Å². The van der Waals surface area contributed by atoms with Crippen LogP contribution < -0.4 is 15.4 Å². The smallest absolute Gasteiger partial charge is 0.259 e. The van der Waals surface area contributed by atoms with E-state index in [0.29, 0.717) is 24.8 Å². The number of hydrogen-bond donors (Lipinski definition) is 2. The summed E-state index contributed by atoms with van der Waals surface area (Å²) >= 11 is 0. The number of guanidine groups is 1. The summed E-state index contributed by atoms with van der Waals surface area (Å²) in [6, 6.07) is 7.61.